The van der Waals surface area contributed by atoms with E-state index in [1.165, 1.54) is 48.6 Å². The number of hydrogen-bond donors (Lipinski definition) is 1. The Labute approximate surface area is 109 Å². The van der Waals surface area contributed by atoms with Crippen molar-refractivity contribution in [3.8, 4) is 0 Å². The van der Waals surface area contributed by atoms with Crippen molar-refractivity contribution in [2.24, 2.45) is 0 Å². The molecule has 18 heavy (non-hydrogen) atoms. The maximum atomic E-state index is 3.28. The molecule has 1 aliphatic rings. The van der Waals surface area contributed by atoms with Crippen molar-refractivity contribution in [1.29, 1.82) is 0 Å². The van der Waals surface area contributed by atoms with Crippen LogP contribution < -0.4 is 5.32 Å². The van der Waals surface area contributed by atoms with Crippen LogP contribution in [0.5, 0.6) is 0 Å². The minimum atomic E-state index is 0.717. The van der Waals surface area contributed by atoms with Gasteiger partial charge >= 0.3 is 0 Å². The molecule has 0 bridgehead atoms. The molecule has 1 aromatic heterocycles. The molecule has 1 heterocycles. The molecule has 0 atom stereocenters. The van der Waals surface area contributed by atoms with E-state index < -0.39 is 0 Å². The van der Waals surface area contributed by atoms with Crippen molar-refractivity contribution in [1.82, 2.24) is 9.88 Å². The average Bonchev–Trinajstić information content (AvgIpc) is 2.85. The van der Waals surface area contributed by atoms with E-state index in [4.69, 9.17) is 0 Å². The van der Waals surface area contributed by atoms with E-state index in [9.17, 15) is 0 Å². The van der Waals surface area contributed by atoms with Crippen molar-refractivity contribution in [2.75, 3.05) is 7.05 Å². The average molecular weight is 242 g/mol. The summed E-state index contributed by atoms with van der Waals surface area (Å²) in [6, 6.07) is 9.63. The summed E-state index contributed by atoms with van der Waals surface area (Å²) >= 11 is 0. The van der Waals surface area contributed by atoms with Crippen LogP contribution in [-0.4, -0.2) is 11.6 Å². The van der Waals surface area contributed by atoms with Crippen molar-refractivity contribution >= 4 is 10.9 Å². The van der Waals surface area contributed by atoms with Gasteiger partial charge in [-0.05, 0) is 36.9 Å². The molecule has 2 heteroatoms. The van der Waals surface area contributed by atoms with Gasteiger partial charge < -0.3 is 9.88 Å². The second-order valence-corrected chi connectivity index (χ2v) is 5.40. The van der Waals surface area contributed by atoms with Crippen LogP contribution in [0, 0.1) is 0 Å². The molecule has 0 amide bonds. The van der Waals surface area contributed by atoms with Gasteiger partial charge in [0.2, 0.25) is 0 Å². The predicted octanol–water partition coefficient (Wildman–Crippen LogP) is 3.87. The van der Waals surface area contributed by atoms with Crippen molar-refractivity contribution < 1.29 is 0 Å². The van der Waals surface area contributed by atoms with Crippen LogP contribution in [0.1, 0.15) is 43.7 Å². The summed E-state index contributed by atoms with van der Waals surface area (Å²) in [6.45, 7) is 0.952. The van der Waals surface area contributed by atoms with Crippen LogP contribution in [0.3, 0.4) is 0 Å². The topological polar surface area (TPSA) is 17.0 Å². The molecular formula is C16H22N2. The Kier molecular flexibility index (Phi) is 3.37. The summed E-state index contributed by atoms with van der Waals surface area (Å²) < 4.78 is 2.53. The van der Waals surface area contributed by atoms with Gasteiger partial charge in [-0.2, -0.15) is 0 Å². The molecule has 1 saturated carbocycles. The Bertz CT molecular complexity index is 521. The molecule has 0 saturated heterocycles. The van der Waals surface area contributed by atoms with Crippen LogP contribution >= 0.6 is 0 Å². The number of nitrogens with zero attached hydrogens (tertiary/aromatic N) is 1. The fourth-order valence-electron chi connectivity index (χ4n) is 3.29. The maximum Gasteiger partial charge on any atom is 0.0528 e. The Morgan fingerprint density at radius 1 is 1.17 bits per heavy atom. The van der Waals surface area contributed by atoms with Crippen LogP contribution in [0.4, 0.5) is 0 Å². The fourth-order valence-corrected chi connectivity index (χ4v) is 3.29. The molecular weight excluding hydrogens is 220 g/mol. The van der Waals surface area contributed by atoms with Gasteiger partial charge in [0.15, 0.2) is 0 Å². The van der Waals surface area contributed by atoms with Gasteiger partial charge in [0, 0.05) is 18.8 Å². The normalized spacial score (nSPS) is 17.4. The fraction of sp³-hybridized carbons (Fsp3) is 0.500. The third kappa shape index (κ3) is 2.05. The SMILES string of the molecule is CNCc1cccc2ccn(C3CCCCC3)c12. The van der Waals surface area contributed by atoms with E-state index in [1.54, 1.807) is 0 Å². The molecule has 1 aliphatic carbocycles. The number of hydrogen-bond acceptors (Lipinski definition) is 1. The summed E-state index contributed by atoms with van der Waals surface area (Å²) in [6.07, 6.45) is 9.17. The standard InChI is InChI=1S/C16H22N2/c1-17-12-14-7-5-6-13-10-11-18(16(13)14)15-8-3-2-4-9-15/h5-7,10-11,15,17H,2-4,8-9,12H2,1H3. The van der Waals surface area contributed by atoms with E-state index in [1.807, 2.05) is 7.05 Å². The zero-order chi connectivity index (χ0) is 12.4. The Balaban J connectivity index is 2.05. The van der Waals surface area contributed by atoms with Gasteiger partial charge in [-0.25, -0.2) is 0 Å². The smallest absolute Gasteiger partial charge is 0.0528 e. The van der Waals surface area contributed by atoms with Crippen molar-refractivity contribution in [2.45, 2.75) is 44.7 Å². The lowest BCUT2D eigenvalue weighted by Gasteiger charge is -2.25. The van der Waals surface area contributed by atoms with Gasteiger partial charge in [0.1, 0.15) is 0 Å². The molecule has 1 aromatic carbocycles. The molecule has 1 N–H and O–H groups in total. The minimum Gasteiger partial charge on any atom is -0.344 e. The zero-order valence-electron chi connectivity index (χ0n) is 11.2. The lowest BCUT2D eigenvalue weighted by molar-refractivity contribution is 0.360. The second-order valence-electron chi connectivity index (χ2n) is 5.40. The summed E-state index contributed by atoms with van der Waals surface area (Å²) in [5.41, 5.74) is 2.87. The highest BCUT2D eigenvalue weighted by molar-refractivity contribution is 5.83. The van der Waals surface area contributed by atoms with E-state index in [2.05, 4.69) is 40.3 Å². The summed E-state index contributed by atoms with van der Waals surface area (Å²) in [4.78, 5) is 0. The lowest BCUT2D eigenvalue weighted by atomic mass is 9.95. The first kappa shape index (κ1) is 11.8. The van der Waals surface area contributed by atoms with Gasteiger partial charge in [-0.15, -0.1) is 0 Å². The highest BCUT2D eigenvalue weighted by Gasteiger charge is 2.17. The molecule has 1 fully saturated rings. The quantitative estimate of drug-likeness (QED) is 0.864. The number of rotatable bonds is 3. The molecule has 0 aliphatic heterocycles. The lowest BCUT2D eigenvalue weighted by Crippen LogP contribution is -2.13. The van der Waals surface area contributed by atoms with Crippen LogP contribution in [0.25, 0.3) is 10.9 Å². The van der Waals surface area contributed by atoms with Crippen LogP contribution in [0.2, 0.25) is 0 Å². The maximum absolute atomic E-state index is 3.28. The molecule has 2 aromatic rings. The third-order valence-corrected chi connectivity index (χ3v) is 4.16. The summed E-state index contributed by atoms with van der Waals surface area (Å²) in [5, 5.41) is 4.67. The Hall–Kier alpha value is -1.28. The molecule has 2 nitrogen and oxygen atoms in total. The van der Waals surface area contributed by atoms with E-state index in [-0.39, 0.29) is 0 Å². The zero-order valence-corrected chi connectivity index (χ0v) is 11.2. The molecule has 0 radical (unpaired) electrons. The molecule has 3 rings (SSSR count). The molecule has 0 spiro atoms. The number of para-hydroxylation sites is 1. The Morgan fingerprint density at radius 2 is 2.00 bits per heavy atom. The number of fused-ring (bicyclic) bond motifs is 1. The number of benzene rings is 1. The first-order chi connectivity index (χ1) is 8.90. The third-order valence-electron chi connectivity index (χ3n) is 4.16. The number of aromatic nitrogens is 1. The first-order valence-electron chi connectivity index (χ1n) is 7.13. The first-order valence-corrected chi connectivity index (χ1v) is 7.13. The van der Waals surface area contributed by atoms with Crippen LogP contribution in [-0.2, 0) is 6.54 Å². The van der Waals surface area contributed by atoms with Crippen molar-refractivity contribution in [3.63, 3.8) is 0 Å². The second kappa shape index (κ2) is 5.15. The highest BCUT2D eigenvalue weighted by Crippen LogP contribution is 2.32. The van der Waals surface area contributed by atoms with Gasteiger partial charge in [0.25, 0.3) is 0 Å². The van der Waals surface area contributed by atoms with Gasteiger partial charge in [-0.3, -0.25) is 0 Å². The van der Waals surface area contributed by atoms with Gasteiger partial charge in [-0.1, -0.05) is 37.5 Å². The predicted molar refractivity (Wildman–Crippen MR) is 76.8 cm³/mol. The highest BCUT2D eigenvalue weighted by atomic mass is 15.0. The van der Waals surface area contributed by atoms with Crippen LogP contribution in [0.15, 0.2) is 30.5 Å². The summed E-state index contributed by atoms with van der Waals surface area (Å²) in [7, 11) is 2.02. The van der Waals surface area contributed by atoms with E-state index in [0.29, 0.717) is 6.04 Å². The molecule has 96 valence electrons. The van der Waals surface area contributed by atoms with E-state index >= 15 is 0 Å². The summed E-state index contributed by atoms with van der Waals surface area (Å²) in [5.74, 6) is 0. The number of nitrogens with one attached hydrogen (secondary N) is 1. The minimum absolute atomic E-state index is 0.717. The van der Waals surface area contributed by atoms with E-state index in [0.717, 1.165) is 6.54 Å². The Morgan fingerprint density at radius 3 is 2.78 bits per heavy atom. The monoisotopic (exact) mass is 242 g/mol. The largest absolute Gasteiger partial charge is 0.344 e. The van der Waals surface area contributed by atoms with Gasteiger partial charge in [0.05, 0.1) is 5.52 Å². The molecule has 0 unspecified atom stereocenters. The van der Waals surface area contributed by atoms with Crippen molar-refractivity contribution in [3.05, 3.63) is 36.0 Å².